The molecule has 4 bridgehead atoms. The topological polar surface area (TPSA) is 69.5 Å². The van der Waals surface area contributed by atoms with E-state index in [1.54, 1.807) is 6.07 Å². The predicted octanol–water partition coefficient (Wildman–Crippen LogP) is 2.18. The van der Waals surface area contributed by atoms with Gasteiger partial charge in [0.1, 0.15) is 11.6 Å². The molecule has 4 nitrogen and oxygen atoms in total. The van der Waals surface area contributed by atoms with Gasteiger partial charge < -0.3 is 0 Å². The minimum absolute atomic E-state index is 0.207. The molecule has 0 aromatic carbocycles. The Morgan fingerprint density at radius 1 is 1.16 bits per heavy atom. The van der Waals surface area contributed by atoms with E-state index < -0.39 is 0 Å². The largest absolute Gasteiger partial charge is 0.282 e. The number of aromatic amines is 1. The number of nitrogens with one attached hydrogen (secondary N) is 1. The van der Waals surface area contributed by atoms with Crippen LogP contribution >= 0.6 is 0 Å². The predicted molar refractivity (Wildman–Crippen MR) is 69.4 cm³/mol. The van der Waals surface area contributed by atoms with Gasteiger partial charge in [0.15, 0.2) is 0 Å². The molecule has 4 aliphatic carbocycles. The van der Waals surface area contributed by atoms with Crippen molar-refractivity contribution in [2.45, 2.75) is 38.0 Å². The zero-order valence-electron chi connectivity index (χ0n) is 10.8. The van der Waals surface area contributed by atoms with Gasteiger partial charge in [-0.15, -0.1) is 0 Å². The minimum Gasteiger partial charge on any atom is -0.267 e. The molecule has 4 aliphatic rings. The van der Waals surface area contributed by atoms with E-state index in [0.717, 1.165) is 29.4 Å². The third-order valence-corrected chi connectivity index (χ3v) is 5.51. The first-order valence-corrected chi connectivity index (χ1v) is 7.24. The lowest BCUT2D eigenvalue weighted by molar-refractivity contribution is -0.00446. The fraction of sp³-hybridized carbons (Fsp3) is 0.667. The van der Waals surface area contributed by atoms with Crippen LogP contribution in [-0.4, -0.2) is 10.2 Å². The molecule has 0 aliphatic heterocycles. The average Bonchev–Trinajstić information content (AvgIpc) is 2.39. The van der Waals surface area contributed by atoms with Gasteiger partial charge in [0, 0.05) is 5.92 Å². The Hall–Kier alpha value is -1.63. The number of aromatic nitrogens is 2. The second kappa shape index (κ2) is 3.93. The van der Waals surface area contributed by atoms with Crippen LogP contribution in [0.25, 0.3) is 0 Å². The average molecular weight is 255 g/mol. The molecule has 0 spiro atoms. The summed E-state index contributed by atoms with van der Waals surface area (Å²) in [7, 11) is 0. The third-order valence-electron chi connectivity index (χ3n) is 5.51. The van der Waals surface area contributed by atoms with Crippen LogP contribution < -0.4 is 5.56 Å². The van der Waals surface area contributed by atoms with Gasteiger partial charge in [-0.1, -0.05) is 0 Å². The van der Waals surface area contributed by atoms with Gasteiger partial charge in [-0.05, 0) is 61.8 Å². The molecule has 0 atom stereocenters. The van der Waals surface area contributed by atoms with E-state index in [4.69, 9.17) is 5.26 Å². The van der Waals surface area contributed by atoms with Crippen molar-refractivity contribution in [3.05, 3.63) is 27.7 Å². The highest BCUT2D eigenvalue weighted by atomic mass is 16.1. The summed E-state index contributed by atoms with van der Waals surface area (Å²) in [5, 5.41) is 15.7. The summed E-state index contributed by atoms with van der Waals surface area (Å²) in [6.07, 6.45) is 6.71. The number of nitriles is 1. The molecule has 0 saturated heterocycles. The van der Waals surface area contributed by atoms with Crippen molar-refractivity contribution >= 4 is 0 Å². The van der Waals surface area contributed by atoms with Gasteiger partial charge in [-0.2, -0.15) is 10.4 Å². The number of rotatable bonds is 1. The number of hydrogen-bond donors (Lipinski definition) is 1. The standard InChI is InChI=1S/C15H17N3O/c16-7-12-6-13(17-18-15(12)19)14-10-2-8-1-9(4-10)5-11(14)3-8/h6,8-11,14H,1-5H2,(H,18,19). The van der Waals surface area contributed by atoms with Crippen LogP contribution in [0.15, 0.2) is 10.9 Å². The second-order valence-electron chi connectivity index (χ2n) is 6.60. The molecule has 1 N–H and O–H groups in total. The summed E-state index contributed by atoms with van der Waals surface area (Å²) in [6.45, 7) is 0. The van der Waals surface area contributed by atoms with E-state index in [1.165, 1.54) is 32.1 Å². The summed E-state index contributed by atoms with van der Waals surface area (Å²) in [5.74, 6) is 3.77. The lowest BCUT2D eigenvalue weighted by Gasteiger charge is -2.54. The maximum absolute atomic E-state index is 11.5. The Kier molecular flexibility index (Phi) is 2.32. The fourth-order valence-corrected chi connectivity index (χ4v) is 5.08. The Morgan fingerprint density at radius 3 is 2.37 bits per heavy atom. The Balaban J connectivity index is 1.73. The molecular weight excluding hydrogens is 238 g/mol. The first-order valence-electron chi connectivity index (χ1n) is 7.24. The molecule has 5 rings (SSSR count). The van der Waals surface area contributed by atoms with Crippen LogP contribution in [-0.2, 0) is 0 Å². The molecule has 4 heteroatoms. The van der Waals surface area contributed by atoms with Gasteiger partial charge in [0.25, 0.3) is 5.56 Å². The van der Waals surface area contributed by atoms with Crippen LogP contribution in [0.4, 0.5) is 0 Å². The zero-order chi connectivity index (χ0) is 13.0. The molecule has 98 valence electrons. The van der Waals surface area contributed by atoms with E-state index in [2.05, 4.69) is 10.2 Å². The van der Waals surface area contributed by atoms with Crippen LogP contribution in [0, 0.1) is 35.0 Å². The summed E-state index contributed by atoms with van der Waals surface area (Å²) >= 11 is 0. The van der Waals surface area contributed by atoms with Crippen molar-refractivity contribution in [1.29, 1.82) is 5.26 Å². The maximum Gasteiger partial charge on any atom is 0.282 e. The molecule has 4 fully saturated rings. The first-order chi connectivity index (χ1) is 9.24. The molecular formula is C15H17N3O. The highest BCUT2D eigenvalue weighted by Gasteiger charge is 2.49. The van der Waals surface area contributed by atoms with Gasteiger partial charge in [0.2, 0.25) is 0 Å². The summed E-state index contributed by atoms with van der Waals surface area (Å²) in [5.41, 5.74) is 0.791. The molecule has 19 heavy (non-hydrogen) atoms. The van der Waals surface area contributed by atoms with E-state index >= 15 is 0 Å². The van der Waals surface area contributed by atoms with E-state index in [9.17, 15) is 4.79 Å². The molecule has 1 aromatic rings. The molecule has 0 amide bonds. The lowest BCUT2D eigenvalue weighted by atomic mass is 9.51. The van der Waals surface area contributed by atoms with Crippen molar-refractivity contribution in [2.24, 2.45) is 23.7 Å². The monoisotopic (exact) mass is 255 g/mol. The third kappa shape index (κ3) is 1.64. The van der Waals surface area contributed by atoms with Crippen LogP contribution in [0.1, 0.15) is 49.3 Å². The molecule has 0 radical (unpaired) electrons. The Bertz CT molecular complexity index is 585. The van der Waals surface area contributed by atoms with Gasteiger partial charge in [-0.25, -0.2) is 5.10 Å². The first kappa shape index (κ1) is 11.2. The normalized spacial score (nSPS) is 39.2. The highest BCUT2D eigenvalue weighted by molar-refractivity contribution is 5.29. The maximum atomic E-state index is 11.5. The Morgan fingerprint density at radius 2 is 1.79 bits per heavy atom. The van der Waals surface area contributed by atoms with Crippen LogP contribution in [0.3, 0.4) is 0 Å². The van der Waals surface area contributed by atoms with E-state index in [0.29, 0.717) is 5.92 Å². The fourth-order valence-electron chi connectivity index (χ4n) is 5.08. The summed E-state index contributed by atoms with van der Waals surface area (Å²) in [4.78, 5) is 11.5. The van der Waals surface area contributed by atoms with Crippen molar-refractivity contribution in [2.75, 3.05) is 0 Å². The van der Waals surface area contributed by atoms with Crippen molar-refractivity contribution in [3.63, 3.8) is 0 Å². The summed E-state index contributed by atoms with van der Waals surface area (Å²) in [6, 6.07) is 3.70. The van der Waals surface area contributed by atoms with Gasteiger partial charge >= 0.3 is 0 Å². The minimum atomic E-state index is -0.366. The van der Waals surface area contributed by atoms with Crippen molar-refractivity contribution in [1.82, 2.24) is 10.2 Å². The number of nitrogens with zero attached hydrogens (tertiary/aromatic N) is 2. The molecule has 0 unspecified atom stereocenters. The van der Waals surface area contributed by atoms with Gasteiger partial charge in [-0.3, -0.25) is 4.79 Å². The Labute approximate surface area is 111 Å². The smallest absolute Gasteiger partial charge is 0.267 e. The quantitative estimate of drug-likeness (QED) is 0.836. The molecule has 4 saturated carbocycles. The number of hydrogen-bond acceptors (Lipinski definition) is 3. The molecule has 1 heterocycles. The highest BCUT2D eigenvalue weighted by Crippen LogP contribution is 2.59. The molecule has 1 aromatic heterocycles. The SMILES string of the molecule is N#Cc1cc(C2C3CC4CC(C3)CC2C4)n[nH]c1=O. The second-order valence-corrected chi connectivity index (χ2v) is 6.60. The summed E-state index contributed by atoms with van der Waals surface area (Å²) < 4.78 is 0. The van der Waals surface area contributed by atoms with Crippen LogP contribution in [0.2, 0.25) is 0 Å². The van der Waals surface area contributed by atoms with Crippen LogP contribution in [0.5, 0.6) is 0 Å². The zero-order valence-corrected chi connectivity index (χ0v) is 10.8. The van der Waals surface area contributed by atoms with E-state index in [-0.39, 0.29) is 11.1 Å². The van der Waals surface area contributed by atoms with Gasteiger partial charge in [0.05, 0.1) is 5.69 Å². The lowest BCUT2D eigenvalue weighted by Crippen LogP contribution is -2.44. The van der Waals surface area contributed by atoms with Crippen molar-refractivity contribution in [3.8, 4) is 6.07 Å². The number of H-pyrrole nitrogens is 1. The van der Waals surface area contributed by atoms with Crippen molar-refractivity contribution < 1.29 is 0 Å². The van der Waals surface area contributed by atoms with E-state index in [1.807, 2.05) is 6.07 Å².